The summed E-state index contributed by atoms with van der Waals surface area (Å²) in [6, 6.07) is 3.34. The van der Waals surface area contributed by atoms with Gasteiger partial charge in [0.15, 0.2) is 0 Å². The van der Waals surface area contributed by atoms with Gasteiger partial charge in [-0.2, -0.15) is 39.5 Å². The number of halogens is 9. The van der Waals surface area contributed by atoms with E-state index in [1.165, 1.54) is 12.3 Å². The zero-order chi connectivity index (χ0) is 34.1. The maximum atomic E-state index is 13.7. The largest absolute Gasteiger partial charge is 0.417 e. The Kier molecular flexibility index (Phi) is 9.54. The first-order valence-electron chi connectivity index (χ1n) is 13.9. The molecular formula is C29H23F9N6O2S. The lowest BCUT2D eigenvalue weighted by molar-refractivity contribution is -0.142. The van der Waals surface area contributed by atoms with Crippen LogP contribution in [0.1, 0.15) is 40.9 Å². The Balaban J connectivity index is 1.25. The third-order valence-corrected chi connectivity index (χ3v) is 8.17. The van der Waals surface area contributed by atoms with Gasteiger partial charge < -0.3 is 10.2 Å². The Morgan fingerprint density at radius 3 is 2.21 bits per heavy atom. The van der Waals surface area contributed by atoms with Crippen molar-refractivity contribution >= 4 is 34.9 Å². The van der Waals surface area contributed by atoms with Gasteiger partial charge >= 0.3 is 18.5 Å². The molecule has 2 amide bonds. The summed E-state index contributed by atoms with van der Waals surface area (Å²) in [7, 11) is 0. The average molecular weight is 691 g/mol. The third kappa shape index (κ3) is 8.40. The fourth-order valence-corrected chi connectivity index (χ4v) is 5.72. The lowest BCUT2D eigenvalue weighted by Crippen LogP contribution is -2.38. The van der Waals surface area contributed by atoms with Gasteiger partial charge in [0.05, 0.1) is 38.7 Å². The van der Waals surface area contributed by atoms with Crippen LogP contribution in [0.25, 0.3) is 17.3 Å². The van der Waals surface area contributed by atoms with Crippen molar-refractivity contribution in [1.82, 2.24) is 25.6 Å². The summed E-state index contributed by atoms with van der Waals surface area (Å²) in [5.41, 5.74) is -6.13. The second-order valence-corrected chi connectivity index (χ2v) is 11.7. The molecule has 2 fully saturated rings. The van der Waals surface area contributed by atoms with E-state index in [1.54, 1.807) is 6.07 Å². The van der Waals surface area contributed by atoms with Crippen LogP contribution in [-0.4, -0.2) is 45.7 Å². The molecule has 8 nitrogen and oxygen atoms in total. The maximum absolute atomic E-state index is 13.7. The van der Waals surface area contributed by atoms with E-state index in [1.807, 2.05) is 4.90 Å². The Labute approximate surface area is 264 Å². The zero-order valence-corrected chi connectivity index (χ0v) is 24.7. The molecule has 4 heterocycles. The van der Waals surface area contributed by atoms with Crippen LogP contribution in [0.4, 0.5) is 50.3 Å². The van der Waals surface area contributed by atoms with E-state index in [-0.39, 0.29) is 29.1 Å². The van der Waals surface area contributed by atoms with Gasteiger partial charge in [-0.25, -0.2) is 9.97 Å². The number of carbonyl (C=O) groups excluding carboxylic acids is 2. The lowest BCUT2D eigenvalue weighted by Gasteiger charge is -2.32. The van der Waals surface area contributed by atoms with Crippen LogP contribution >= 0.6 is 11.8 Å². The summed E-state index contributed by atoms with van der Waals surface area (Å²) in [6.45, 7) is 1.15. The fraction of sp³-hybridized carbons (Fsp3) is 0.345. The summed E-state index contributed by atoms with van der Waals surface area (Å²) >= 11 is 0.758. The number of thioether (sulfide) groups is 1. The van der Waals surface area contributed by atoms with Gasteiger partial charge in [0, 0.05) is 31.4 Å². The van der Waals surface area contributed by atoms with Gasteiger partial charge in [0.1, 0.15) is 0 Å². The van der Waals surface area contributed by atoms with Crippen molar-refractivity contribution in [2.75, 3.05) is 24.5 Å². The van der Waals surface area contributed by atoms with Crippen LogP contribution in [0.15, 0.2) is 47.5 Å². The highest BCUT2D eigenvalue weighted by molar-refractivity contribution is 8.18. The summed E-state index contributed by atoms with van der Waals surface area (Å²) in [4.78, 5) is 38.0. The minimum absolute atomic E-state index is 0.0677. The van der Waals surface area contributed by atoms with E-state index < -0.39 is 57.6 Å². The molecule has 0 bridgehead atoms. The minimum atomic E-state index is -5.30. The molecule has 2 saturated heterocycles. The highest BCUT2D eigenvalue weighted by Gasteiger charge is 2.39. The molecule has 2 N–H and O–H groups in total. The van der Waals surface area contributed by atoms with Crippen molar-refractivity contribution in [1.29, 1.82) is 0 Å². The molecule has 0 radical (unpaired) electrons. The first-order chi connectivity index (χ1) is 22.0. The quantitative estimate of drug-likeness (QED) is 0.204. The smallest absolute Gasteiger partial charge is 0.341 e. The van der Waals surface area contributed by atoms with Crippen LogP contribution in [0.3, 0.4) is 0 Å². The third-order valence-electron chi connectivity index (χ3n) is 7.36. The number of piperidine rings is 1. The van der Waals surface area contributed by atoms with Crippen molar-refractivity contribution < 1.29 is 49.1 Å². The van der Waals surface area contributed by atoms with Gasteiger partial charge in [0.25, 0.3) is 11.1 Å². The first kappa shape index (κ1) is 34.2. The molecule has 5 rings (SSSR count). The Bertz CT molecular complexity index is 1700. The van der Waals surface area contributed by atoms with Crippen LogP contribution in [0.2, 0.25) is 0 Å². The molecule has 250 valence electrons. The molecule has 2 aliphatic heterocycles. The predicted molar refractivity (Wildman–Crippen MR) is 152 cm³/mol. The van der Waals surface area contributed by atoms with E-state index in [4.69, 9.17) is 0 Å². The van der Waals surface area contributed by atoms with Crippen LogP contribution in [0, 0.1) is 5.92 Å². The summed E-state index contributed by atoms with van der Waals surface area (Å²) in [5, 5.41) is 4.67. The minimum Gasteiger partial charge on any atom is -0.341 e. The van der Waals surface area contributed by atoms with E-state index >= 15 is 0 Å². The number of benzene rings is 1. The number of anilines is 1. The van der Waals surface area contributed by atoms with E-state index in [9.17, 15) is 49.1 Å². The summed E-state index contributed by atoms with van der Waals surface area (Å²) in [6.07, 6.45) is -11.1. The number of amides is 2. The average Bonchev–Trinajstić information content (AvgIpc) is 3.31. The Morgan fingerprint density at radius 1 is 0.894 bits per heavy atom. The van der Waals surface area contributed by atoms with Gasteiger partial charge in [-0.3, -0.25) is 19.9 Å². The number of nitrogens with zero attached hydrogens (tertiary/aromatic N) is 4. The number of hydrogen-bond donors (Lipinski definition) is 2. The molecule has 1 aromatic carbocycles. The van der Waals surface area contributed by atoms with Crippen molar-refractivity contribution in [3.05, 3.63) is 75.6 Å². The molecule has 18 heteroatoms. The van der Waals surface area contributed by atoms with Gasteiger partial charge in [-0.15, -0.1) is 0 Å². The highest BCUT2D eigenvalue weighted by atomic mass is 32.2. The monoisotopic (exact) mass is 690 g/mol. The maximum Gasteiger partial charge on any atom is 0.417 e. The SMILES string of the molecule is O=C1NC(=O)/C(=C/c2ccnc(N3CCC(CNCc4cc(C(F)(F)F)cc(-c5ccc(C(F)(F)F)cc5C(F)(F)F)n4)CC3)n2)S1. The van der Waals surface area contributed by atoms with Crippen molar-refractivity contribution in [2.24, 2.45) is 5.92 Å². The van der Waals surface area contributed by atoms with Crippen molar-refractivity contribution in [3.8, 4) is 11.3 Å². The van der Waals surface area contributed by atoms with Crippen LogP contribution in [-0.2, 0) is 29.9 Å². The number of alkyl halides is 9. The van der Waals surface area contributed by atoms with Crippen molar-refractivity contribution in [2.45, 2.75) is 37.9 Å². The molecule has 47 heavy (non-hydrogen) atoms. The Hall–Kier alpha value is -4.19. The molecule has 0 spiro atoms. The second-order valence-electron chi connectivity index (χ2n) is 10.7. The molecule has 0 aliphatic carbocycles. The highest BCUT2D eigenvalue weighted by Crippen LogP contribution is 2.42. The number of rotatable bonds is 7. The fourth-order valence-electron chi connectivity index (χ4n) is 5.05. The van der Waals surface area contributed by atoms with Crippen molar-refractivity contribution in [3.63, 3.8) is 0 Å². The molecule has 0 atom stereocenters. The molecule has 0 unspecified atom stereocenters. The number of imide groups is 1. The lowest BCUT2D eigenvalue weighted by atomic mass is 9.97. The zero-order valence-electron chi connectivity index (χ0n) is 23.9. The normalized spacial score (nSPS) is 17.5. The molecule has 2 aliphatic rings. The number of pyridine rings is 1. The van der Waals surface area contributed by atoms with E-state index in [0.717, 1.165) is 11.8 Å². The molecule has 2 aromatic heterocycles. The molecule has 0 saturated carbocycles. The van der Waals surface area contributed by atoms with E-state index in [2.05, 4.69) is 25.6 Å². The van der Waals surface area contributed by atoms with E-state index in [0.29, 0.717) is 68.4 Å². The number of carbonyl (C=O) groups is 2. The van der Waals surface area contributed by atoms with Crippen LogP contribution in [0.5, 0.6) is 0 Å². The number of aromatic nitrogens is 3. The topological polar surface area (TPSA) is 100 Å². The number of hydrogen-bond acceptors (Lipinski definition) is 8. The summed E-state index contributed by atoms with van der Waals surface area (Å²) < 4.78 is 122. The van der Waals surface area contributed by atoms with Gasteiger partial charge in [0.2, 0.25) is 5.95 Å². The molecule has 3 aromatic rings. The number of nitrogens with one attached hydrogen (secondary N) is 2. The van der Waals surface area contributed by atoms with Gasteiger partial charge in [-0.05, 0) is 73.5 Å². The van der Waals surface area contributed by atoms with Crippen LogP contribution < -0.4 is 15.5 Å². The Morgan fingerprint density at radius 2 is 1.60 bits per heavy atom. The second kappa shape index (κ2) is 13.1. The molecular weight excluding hydrogens is 667 g/mol. The first-order valence-corrected chi connectivity index (χ1v) is 14.7. The van der Waals surface area contributed by atoms with Gasteiger partial charge in [-0.1, -0.05) is 6.07 Å². The standard InChI is InChI=1S/C29H23F9N6O2S/c30-27(31,32)16-1-2-20(21(10-16)29(36,37)38)22-11-17(28(33,34)35)9-19(41-22)14-39-13-15-4-7-44(8-5-15)25-40-6-3-18(42-25)12-23-24(45)43-26(46)47-23/h1-3,6,9-12,15,39H,4-5,7-8,13-14H2,(H,43,45,46)/b23-12-. The predicted octanol–water partition coefficient (Wildman–Crippen LogP) is 6.93. The summed E-state index contributed by atoms with van der Waals surface area (Å²) in [5.74, 6) is -0.0449.